The van der Waals surface area contributed by atoms with E-state index >= 15 is 0 Å². The smallest absolute Gasteiger partial charge is 0.225 e. The maximum absolute atomic E-state index is 12.6. The van der Waals surface area contributed by atoms with E-state index in [2.05, 4.69) is 5.32 Å². The van der Waals surface area contributed by atoms with Gasteiger partial charge < -0.3 is 15.2 Å². The van der Waals surface area contributed by atoms with E-state index in [4.69, 9.17) is 0 Å². The largest absolute Gasteiger partial charge is 0.548 e. The highest BCUT2D eigenvalue weighted by Gasteiger charge is 2.59. The van der Waals surface area contributed by atoms with Crippen molar-refractivity contribution >= 4 is 11.9 Å². The SMILES string of the molecule is CC(NC(=O)Cc1ccccc1)(C(=O)[O-])C12CC3CC(CC(C3)C1)C2. The summed E-state index contributed by atoms with van der Waals surface area (Å²) in [7, 11) is 0. The van der Waals surface area contributed by atoms with E-state index in [9.17, 15) is 14.7 Å². The minimum Gasteiger partial charge on any atom is -0.548 e. The monoisotopic (exact) mass is 340 g/mol. The second-order valence-electron chi connectivity index (χ2n) is 8.82. The average molecular weight is 340 g/mol. The Morgan fingerprint density at radius 2 is 1.60 bits per heavy atom. The van der Waals surface area contributed by atoms with Crippen molar-refractivity contribution < 1.29 is 14.7 Å². The molecular weight excluding hydrogens is 314 g/mol. The molecule has 0 radical (unpaired) electrons. The van der Waals surface area contributed by atoms with Crippen molar-refractivity contribution in [1.29, 1.82) is 0 Å². The van der Waals surface area contributed by atoms with Crippen LogP contribution in [-0.2, 0) is 16.0 Å². The van der Waals surface area contributed by atoms with Gasteiger partial charge >= 0.3 is 0 Å². The predicted molar refractivity (Wildman–Crippen MR) is 92.3 cm³/mol. The Morgan fingerprint density at radius 3 is 2.08 bits per heavy atom. The molecule has 4 heteroatoms. The lowest BCUT2D eigenvalue weighted by Gasteiger charge is -2.63. The topological polar surface area (TPSA) is 69.2 Å². The van der Waals surface area contributed by atoms with E-state index in [0.717, 1.165) is 24.8 Å². The van der Waals surface area contributed by atoms with E-state index in [0.29, 0.717) is 17.8 Å². The molecule has 0 aliphatic heterocycles. The average Bonchev–Trinajstić information content (AvgIpc) is 2.54. The van der Waals surface area contributed by atoms with E-state index in [1.165, 1.54) is 19.3 Å². The third-order valence-electron chi connectivity index (χ3n) is 7.10. The van der Waals surface area contributed by atoms with Crippen molar-refractivity contribution in [3.05, 3.63) is 35.9 Å². The van der Waals surface area contributed by atoms with Gasteiger partial charge in [-0.3, -0.25) is 4.79 Å². The molecule has 1 aromatic carbocycles. The number of carbonyl (C=O) groups is 2. The summed E-state index contributed by atoms with van der Waals surface area (Å²) in [6.45, 7) is 1.69. The summed E-state index contributed by atoms with van der Waals surface area (Å²) in [6, 6.07) is 9.46. The van der Waals surface area contributed by atoms with Gasteiger partial charge in [-0.2, -0.15) is 0 Å². The maximum Gasteiger partial charge on any atom is 0.225 e. The van der Waals surface area contributed by atoms with Crippen LogP contribution in [0, 0.1) is 23.2 Å². The number of carboxylic acids is 1. The molecule has 0 saturated heterocycles. The first-order chi connectivity index (χ1) is 11.9. The normalized spacial score (nSPS) is 35.2. The number of aliphatic carboxylic acids is 1. The van der Waals surface area contributed by atoms with Crippen LogP contribution in [0.3, 0.4) is 0 Å². The second-order valence-corrected chi connectivity index (χ2v) is 8.82. The summed E-state index contributed by atoms with van der Waals surface area (Å²) in [6.07, 6.45) is 6.65. The van der Waals surface area contributed by atoms with Gasteiger partial charge in [0, 0.05) is 0 Å². The zero-order valence-corrected chi connectivity index (χ0v) is 14.8. The molecular formula is C21H26NO3-. The first-order valence-electron chi connectivity index (χ1n) is 9.47. The third kappa shape index (κ3) is 2.76. The molecule has 0 heterocycles. The molecule has 1 amide bonds. The minimum absolute atomic E-state index is 0.204. The summed E-state index contributed by atoms with van der Waals surface area (Å²) in [5.41, 5.74) is -0.729. The van der Waals surface area contributed by atoms with Crippen molar-refractivity contribution in [2.45, 2.75) is 57.4 Å². The van der Waals surface area contributed by atoms with Gasteiger partial charge in [0.2, 0.25) is 5.91 Å². The van der Waals surface area contributed by atoms with E-state index in [-0.39, 0.29) is 17.7 Å². The molecule has 4 fully saturated rings. The Morgan fingerprint density at radius 1 is 1.08 bits per heavy atom. The standard InChI is InChI=1S/C21H27NO3/c1-20(19(24)25,22-18(23)10-14-5-3-2-4-6-14)21-11-15-7-16(12-21)9-17(8-15)13-21/h2-6,15-17H,7-13H2,1H3,(H,22,23)(H,24,25)/p-1. The van der Waals surface area contributed by atoms with Crippen molar-refractivity contribution in [2.24, 2.45) is 23.2 Å². The molecule has 134 valence electrons. The summed E-state index contributed by atoms with van der Waals surface area (Å²) >= 11 is 0. The minimum atomic E-state index is -1.28. The van der Waals surface area contributed by atoms with Crippen molar-refractivity contribution in [3.63, 3.8) is 0 Å². The molecule has 4 bridgehead atoms. The van der Waals surface area contributed by atoms with Crippen molar-refractivity contribution in [1.82, 2.24) is 5.32 Å². The first-order valence-corrected chi connectivity index (χ1v) is 9.47. The Balaban J connectivity index is 1.57. The number of amides is 1. The van der Waals surface area contributed by atoms with Crippen LogP contribution in [0.2, 0.25) is 0 Å². The Kier molecular flexibility index (Phi) is 3.89. The van der Waals surface area contributed by atoms with Crippen LogP contribution in [0.1, 0.15) is 51.0 Å². The Labute approximate surface area is 149 Å². The molecule has 4 nitrogen and oxygen atoms in total. The van der Waals surface area contributed by atoms with Gasteiger partial charge in [-0.15, -0.1) is 0 Å². The molecule has 5 rings (SSSR count). The number of nitrogens with one attached hydrogen (secondary N) is 1. The van der Waals surface area contributed by atoms with Gasteiger partial charge in [0.1, 0.15) is 0 Å². The number of benzene rings is 1. The Bertz CT molecular complexity index is 648. The molecule has 1 aromatic rings. The summed E-state index contributed by atoms with van der Waals surface area (Å²) in [5.74, 6) is 0.507. The molecule has 0 spiro atoms. The lowest BCUT2D eigenvalue weighted by molar-refractivity contribution is -0.321. The number of carbonyl (C=O) groups excluding carboxylic acids is 2. The van der Waals surface area contributed by atoms with Crippen molar-refractivity contribution in [2.75, 3.05) is 0 Å². The highest BCUT2D eigenvalue weighted by atomic mass is 16.4. The molecule has 1 N–H and O–H groups in total. The van der Waals surface area contributed by atoms with Gasteiger partial charge in [0.05, 0.1) is 17.9 Å². The van der Waals surface area contributed by atoms with Crippen LogP contribution in [0.25, 0.3) is 0 Å². The summed E-state index contributed by atoms with van der Waals surface area (Å²) in [4.78, 5) is 24.8. The van der Waals surface area contributed by atoms with Crippen LogP contribution in [0.5, 0.6) is 0 Å². The third-order valence-corrected chi connectivity index (χ3v) is 7.10. The zero-order valence-electron chi connectivity index (χ0n) is 14.8. The van der Waals surface area contributed by atoms with Crippen LogP contribution in [0.15, 0.2) is 30.3 Å². The summed E-state index contributed by atoms with van der Waals surface area (Å²) in [5, 5.41) is 15.1. The lowest BCUT2D eigenvalue weighted by Crippen LogP contribution is -2.70. The molecule has 0 aromatic heterocycles. The van der Waals surface area contributed by atoms with Gasteiger partial charge in [-0.1, -0.05) is 30.3 Å². The lowest BCUT2D eigenvalue weighted by atomic mass is 9.45. The van der Waals surface area contributed by atoms with E-state index in [1.807, 2.05) is 30.3 Å². The number of hydrogen-bond donors (Lipinski definition) is 1. The van der Waals surface area contributed by atoms with Crippen LogP contribution in [-0.4, -0.2) is 17.4 Å². The van der Waals surface area contributed by atoms with E-state index in [1.54, 1.807) is 6.92 Å². The van der Waals surface area contributed by atoms with Crippen LogP contribution in [0.4, 0.5) is 0 Å². The molecule has 1 atom stereocenters. The molecule has 4 aliphatic carbocycles. The number of carboxylic acid groups (broad SMARTS) is 1. The Hall–Kier alpha value is -1.84. The highest BCUT2D eigenvalue weighted by molar-refractivity contribution is 5.87. The van der Waals surface area contributed by atoms with Gasteiger partial charge in [-0.05, 0) is 74.2 Å². The van der Waals surface area contributed by atoms with Gasteiger partial charge in [0.15, 0.2) is 0 Å². The van der Waals surface area contributed by atoms with Gasteiger partial charge in [0.25, 0.3) is 0 Å². The zero-order chi connectivity index (χ0) is 17.7. The predicted octanol–water partition coefficient (Wildman–Crippen LogP) is 2.07. The molecule has 25 heavy (non-hydrogen) atoms. The van der Waals surface area contributed by atoms with Crippen LogP contribution < -0.4 is 10.4 Å². The molecule has 1 unspecified atom stereocenters. The second kappa shape index (κ2) is 5.86. The fraction of sp³-hybridized carbons (Fsp3) is 0.619. The summed E-state index contributed by atoms with van der Waals surface area (Å²) < 4.78 is 0. The van der Waals surface area contributed by atoms with E-state index < -0.39 is 11.5 Å². The fourth-order valence-corrected chi connectivity index (χ4v) is 6.23. The number of rotatable bonds is 5. The quantitative estimate of drug-likeness (QED) is 0.892. The molecule has 4 saturated carbocycles. The van der Waals surface area contributed by atoms with Gasteiger partial charge in [-0.25, -0.2) is 0 Å². The van der Waals surface area contributed by atoms with Crippen molar-refractivity contribution in [3.8, 4) is 0 Å². The highest BCUT2D eigenvalue weighted by Crippen LogP contribution is 2.63. The number of hydrogen-bond acceptors (Lipinski definition) is 3. The fourth-order valence-electron chi connectivity index (χ4n) is 6.23. The molecule has 4 aliphatic rings. The maximum atomic E-state index is 12.6. The first kappa shape index (κ1) is 16.6. The van der Waals surface area contributed by atoms with Crippen LogP contribution >= 0.6 is 0 Å².